The second-order valence-corrected chi connectivity index (χ2v) is 6.68. The molecule has 1 amide bonds. The number of carbonyl (C=O) groups excluding carboxylic acids is 1. The number of rotatable bonds is 4. The van der Waals surface area contributed by atoms with Crippen LogP contribution < -0.4 is 9.64 Å². The van der Waals surface area contributed by atoms with Crippen LogP contribution in [0.5, 0.6) is 5.75 Å². The van der Waals surface area contributed by atoms with E-state index in [1.807, 2.05) is 56.0 Å². The molecule has 0 unspecified atom stereocenters. The molecule has 0 aromatic heterocycles. The summed E-state index contributed by atoms with van der Waals surface area (Å²) in [4.78, 5) is 17.0. The van der Waals surface area contributed by atoms with E-state index in [9.17, 15) is 4.79 Å². The van der Waals surface area contributed by atoms with Crippen molar-refractivity contribution in [1.82, 2.24) is 4.90 Å². The molecule has 1 saturated heterocycles. The minimum atomic E-state index is -0.469. The highest BCUT2D eigenvalue weighted by molar-refractivity contribution is 5.81. The lowest BCUT2D eigenvalue weighted by atomic mass is 10.1. The van der Waals surface area contributed by atoms with Crippen LogP contribution >= 0.6 is 0 Å². The zero-order valence-electron chi connectivity index (χ0n) is 15.2. The Labute approximate surface area is 150 Å². The van der Waals surface area contributed by atoms with Gasteiger partial charge in [-0.3, -0.25) is 4.79 Å². The molecule has 132 valence electrons. The van der Waals surface area contributed by atoms with Crippen molar-refractivity contribution in [1.29, 1.82) is 0 Å². The van der Waals surface area contributed by atoms with Gasteiger partial charge in [-0.05, 0) is 50.1 Å². The van der Waals surface area contributed by atoms with Crippen molar-refractivity contribution >= 4 is 11.6 Å². The highest BCUT2D eigenvalue weighted by atomic mass is 16.5. The molecule has 2 aromatic rings. The first-order chi connectivity index (χ1) is 12.0. The minimum Gasteiger partial charge on any atom is -0.481 e. The van der Waals surface area contributed by atoms with E-state index >= 15 is 0 Å². The standard InChI is InChI=1S/C21H26N2O2/c1-16-9-10-17(2)20(15-16)25-18(3)21(24)23-13-11-22(12-14-23)19-7-5-4-6-8-19/h4-10,15,18H,11-14H2,1-3H3/t18-/m0/s1. The summed E-state index contributed by atoms with van der Waals surface area (Å²) < 4.78 is 5.95. The predicted octanol–water partition coefficient (Wildman–Crippen LogP) is 3.42. The van der Waals surface area contributed by atoms with Gasteiger partial charge in [0.25, 0.3) is 5.91 Å². The van der Waals surface area contributed by atoms with Crippen molar-refractivity contribution in [3.63, 3.8) is 0 Å². The number of carbonyl (C=O) groups is 1. The lowest BCUT2D eigenvalue weighted by Crippen LogP contribution is -2.52. The Balaban J connectivity index is 1.57. The molecule has 25 heavy (non-hydrogen) atoms. The number of hydrogen-bond acceptors (Lipinski definition) is 3. The molecule has 4 nitrogen and oxygen atoms in total. The van der Waals surface area contributed by atoms with Crippen LogP contribution in [0.4, 0.5) is 5.69 Å². The normalized spacial score (nSPS) is 15.8. The topological polar surface area (TPSA) is 32.8 Å². The van der Waals surface area contributed by atoms with E-state index in [4.69, 9.17) is 4.74 Å². The molecule has 0 aliphatic carbocycles. The number of hydrogen-bond donors (Lipinski definition) is 0. The number of amides is 1. The quantitative estimate of drug-likeness (QED) is 0.856. The maximum Gasteiger partial charge on any atom is 0.263 e. The molecular formula is C21H26N2O2. The van der Waals surface area contributed by atoms with Crippen LogP contribution in [0.15, 0.2) is 48.5 Å². The van der Waals surface area contributed by atoms with E-state index in [1.165, 1.54) is 5.69 Å². The number of anilines is 1. The Morgan fingerprint density at radius 3 is 2.36 bits per heavy atom. The Kier molecular flexibility index (Phi) is 5.27. The largest absolute Gasteiger partial charge is 0.481 e. The summed E-state index contributed by atoms with van der Waals surface area (Å²) in [7, 11) is 0. The van der Waals surface area contributed by atoms with Gasteiger partial charge < -0.3 is 14.5 Å². The second-order valence-electron chi connectivity index (χ2n) is 6.68. The van der Waals surface area contributed by atoms with Crippen LogP contribution in [-0.2, 0) is 4.79 Å². The van der Waals surface area contributed by atoms with Crippen molar-refractivity contribution < 1.29 is 9.53 Å². The smallest absolute Gasteiger partial charge is 0.263 e. The van der Waals surface area contributed by atoms with E-state index in [0.29, 0.717) is 0 Å². The number of nitrogens with zero attached hydrogens (tertiary/aromatic N) is 2. The fourth-order valence-corrected chi connectivity index (χ4v) is 3.16. The summed E-state index contributed by atoms with van der Waals surface area (Å²) in [6, 6.07) is 16.4. The van der Waals surface area contributed by atoms with Gasteiger partial charge in [0.15, 0.2) is 6.10 Å². The molecule has 0 saturated carbocycles. The molecule has 0 N–H and O–H groups in total. The van der Waals surface area contributed by atoms with Gasteiger partial charge in [0.1, 0.15) is 5.75 Å². The number of benzene rings is 2. The first-order valence-electron chi connectivity index (χ1n) is 8.87. The third-order valence-electron chi connectivity index (χ3n) is 4.71. The van der Waals surface area contributed by atoms with Crippen LogP contribution in [-0.4, -0.2) is 43.1 Å². The highest BCUT2D eigenvalue weighted by Gasteiger charge is 2.26. The molecule has 1 heterocycles. The summed E-state index contributed by atoms with van der Waals surface area (Å²) in [5.74, 6) is 0.859. The molecule has 3 rings (SSSR count). The van der Waals surface area contributed by atoms with Gasteiger partial charge in [-0.15, -0.1) is 0 Å². The average Bonchev–Trinajstić information content (AvgIpc) is 2.65. The molecule has 2 aromatic carbocycles. The summed E-state index contributed by atoms with van der Waals surface area (Å²) >= 11 is 0. The summed E-state index contributed by atoms with van der Waals surface area (Å²) in [5.41, 5.74) is 3.41. The predicted molar refractivity (Wildman–Crippen MR) is 101 cm³/mol. The van der Waals surface area contributed by atoms with E-state index in [2.05, 4.69) is 23.1 Å². The molecule has 1 fully saturated rings. The zero-order chi connectivity index (χ0) is 17.8. The fourth-order valence-electron chi connectivity index (χ4n) is 3.16. The first-order valence-corrected chi connectivity index (χ1v) is 8.87. The summed E-state index contributed by atoms with van der Waals surface area (Å²) in [6.07, 6.45) is -0.469. The van der Waals surface area contributed by atoms with Gasteiger partial charge in [0.05, 0.1) is 0 Å². The van der Waals surface area contributed by atoms with Crippen molar-refractivity contribution in [2.75, 3.05) is 31.1 Å². The lowest BCUT2D eigenvalue weighted by Gasteiger charge is -2.37. The summed E-state index contributed by atoms with van der Waals surface area (Å²) in [5, 5.41) is 0. The van der Waals surface area contributed by atoms with E-state index in [0.717, 1.165) is 43.1 Å². The van der Waals surface area contributed by atoms with Crippen LogP contribution in [0.2, 0.25) is 0 Å². The first kappa shape index (κ1) is 17.3. The summed E-state index contributed by atoms with van der Waals surface area (Å²) in [6.45, 7) is 9.04. The number of para-hydroxylation sites is 1. The van der Waals surface area contributed by atoms with Crippen LogP contribution in [0.1, 0.15) is 18.1 Å². The van der Waals surface area contributed by atoms with Crippen LogP contribution in [0.25, 0.3) is 0 Å². The number of aryl methyl sites for hydroxylation is 2. The van der Waals surface area contributed by atoms with Crippen molar-refractivity contribution in [3.05, 3.63) is 59.7 Å². The molecule has 0 bridgehead atoms. The third-order valence-corrected chi connectivity index (χ3v) is 4.71. The fraction of sp³-hybridized carbons (Fsp3) is 0.381. The Morgan fingerprint density at radius 2 is 1.68 bits per heavy atom. The van der Waals surface area contributed by atoms with E-state index in [1.54, 1.807) is 0 Å². The van der Waals surface area contributed by atoms with Gasteiger partial charge >= 0.3 is 0 Å². The van der Waals surface area contributed by atoms with Gasteiger partial charge in [-0.2, -0.15) is 0 Å². The number of piperazine rings is 1. The molecule has 1 atom stereocenters. The molecule has 0 spiro atoms. The second kappa shape index (κ2) is 7.60. The SMILES string of the molecule is Cc1ccc(C)c(O[C@@H](C)C(=O)N2CCN(c3ccccc3)CC2)c1. The Hall–Kier alpha value is -2.49. The Morgan fingerprint density at radius 1 is 1.00 bits per heavy atom. The lowest BCUT2D eigenvalue weighted by molar-refractivity contribution is -0.138. The zero-order valence-corrected chi connectivity index (χ0v) is 15.2. The van der Waals surface area contributed by atoms with E-state index < -0.39 is 6.10 Å². The van der Waals surface area contributed by atoms with Crippen molar-refractivity contribution in [2.45, 2.75) is 26.9 Å². The van der Waals surface area contributed by atoms with Crippen LogP contribution in [0.3, 0.4) is 0 Å². The van der Waals surface area contributed by atoms with E-state index in [-0.39, 0.29) is 5.91 Å². The van der Waals surface area contributed by atoms with Crippen molar-refractivity contribution in [2.24, 2.45) is 0 Å². The highest BCUT2D eigenvalue weighted by Crippen LogP contribution is 2.21. The number of ether oxygens (including phenoxy) is 1. The van der Waals surface area contributed by atoms with Gasteiger partial charge in [-0.1, -0.05) is 30.3 Å². The maximum atomic E-state index is 12.7. The minimum absolute atomic E-state index is 0.0635. The van der Waals surface area contributed by atoms with Crippen LogP contribution in [0, 0.1) is 13.8 Å². The third kappa shape index (κ3) is 4.13. The van der Waals surface area contributed by atoms with Gasteiger partial charge in [0.2, 0.25) is 0 Å². The molecule has 1 aliphatic heterocycles. The molecular weight excluding hydrogens is 312 g/mol. The monoisotopic (exact) mass is 338 g/mol. The molecule has 0 radical (unpaired) electrons. The molecule has 1 aliphatic rings. The average molecular weight is 338 g/mol. The maximum absolute atomic E-state index is 12.7. The molecule has 4 heteroatoms. The Bertz CT molecular complexity index is 722. The van der Waals surface area contributed by atoms with Crippen molar-refractivity contribution in [3.8, 4) is 5.75 Å². The van der Waals surface area contributed by atoms with Gasteiger partial charge in [-0.25, -0.2) is 0 Å². The van der Waals surface area contributed by atoms with Gasteiger partial charge in [0, 0.05) is 31.9 Å².